The highest BCUT2D eigenvalue weighted by Crippen LogP contribution is 2.17. The Bertz CT molecular complexity index is 668. The smallest absolute Gasteiger partial charge is 0.224 e. The first kappa shape index (κ1) is 24.7. The lowest BCUT2D eigenvalue weighted by Gasteiger charge is -2.30. The van der Waals surface area contributed by atoms with Crippen LogP contribution < -0.4 is 10.6 Å². The van der Waals surface area contributed by atoms with Crippen molar-refractivity contribution in [1.82, 2.24) is 15.5 Å². The topological polar surface area (TPSA) is 56.7 Å². The fraction of sp³-hybridized carbons (Fsp3) is 0.619. The van der Waals surface area contributed by atoms with Crippen LogP contribution in [-0.2, 0) is 4.79 Å². The third kappa shape index (κ3) is 7.56. The van der Waals surface area contributed by atoms with Gasteiger partial charge < -0.3 is 15.5 Å². The van der Waals surface area contributed by atoms with Gasteiger partial charge in [0.15, 0.2) is 5.96 Å². The van der Waals surface area contributed by atoms with Crippen molar-refractivity contribution in [3.05, 3.63) is 35.1 Å². The molecular formula is C21H34FIN4O. The van der Waals surface area contributed by atoms with Crippen LogP contribution in [0.2, 0.25) is 0 Å². The molecule has 1 fully saturated rings. The first-order chi connectivity index (χ1) is 12.9. The maximum atomic E-state index is 13.8. The summed E-state index contributed by atoms with van der Waals surface area (Å²) in [5, 5.41) is 6.48. The zero-order valence-corrected chi connectivity index (χ0v) is 19.8. The van der Waals surface area contributed by atoms with E-state index in [2.05, 4.69) is 22.5 Å². The SMILES string of the molecule is CCNC(=NCCC(=O)N1CCCC(C)C1)NC(C)c1ccc(C)c(F)c1.I. The Morgan fingerprint density at radius 2 is 2.18 bits per heavy atom. The van der Waals surface area contributed by atoms with Gasteiger partial charge in [-0.1, -0.05) is 19.1 Å². The number of hydrogen-bond acceptors (Lipinski definition) is 2. The first-order valence-electron chi connectivity index (χ1n) is 9.99. The maximum Gasteiger partial charge on any atom is 0.224 e. The van der Waals surface area contributed by atoms with Crippen molar-refractivity contribution in [2.45, 2.75) is 53.0 Å². The number of halogens is 2. The molecule has 2 N–H and O–H groups in total. The summed E-state index contributed by atoms with van der Waals surface area (Å²) in [6.45, 7) is 10.8. The highest BCUT2D eigenvalue weighted by Gasteiger charge is 2.20. The lowest BCUT2D eigenvalue weighted by Crippen LogP contribution is -2.40. The molecule has 1 aliphatic rings. The molecule has 1 heterocycles. The van der Waals surface area contributed by atoms with Crippen LogP contribution in [0, 0.1) is 18.7 Å². The van der Waals surface area contributed by atoms with E-state index in [1.54, 1.807) is 19.1 Å². The number of hydrogen-bond donors (Lipinski definition) is 2. The molecule has 1 aliphatic heterocycles. The van der Waals surface area contributed by atoms with Crippen molar-refractivity contribution in [3.8, 4) is 0 Å². The number of amides is 1. The van der Waals surface area contributed by atoms with Gasteiger partial charge in [-0.05, 0) is 56.7 Å². The zero-order chi connectivity index (χ0) is 19.8. The predicted octanol–water partition coefficient (Wildman–Crippen LogP) is 4.02. The molecule has 2 unspecified atom stereocenters. The highest BCUT2D eigenvalue weighted by atomic mass is 127. The van der Waals surface area contributed by atoms with Gasteiger partial charge in [-0.15, -0.1) is 24.0 Å². The molecule has 1 aromatic carbocycles. The second kappa shape index (κ2) is 12.2. The van der Waals surface area contributed by atoms with Crippen LogP contribution in [0.3, 0.4) is 0 Å². The largest absolute Gasteiger partial charge is 0.357 e. The highest BCUT2D eigenvalue weighted by molar-refractivity contribution is 14.0. The van der Waals surface area contributed by atoms with Crippen LogP contribution in [0.4, 0.5) is 4.39 Å². The fourth-order valence-corrected chi connectivity index (χ4v) is 3.32. The summed E-state index contributed by atoms with van der Waals surface area (Å²) >= 11 is 0. The molecule has 0 aromatic heterocycles. The molecule has 1 aromatic rings. The van der Waals surface area contributed by atoms with E-state index in [-0.39, 0.29) is 41.7 Å². The van der Waals surface area contributed by atoms with E-state index in [1.165, 1.54) is 6.42 Å². The molecule has 28 heavy (non-hydrogen) atoms. The monoisotopic (exact) mass is 504 g/mol. The number of rotatable bonds is 6. The number of benzene rings is 1. The average Bonchev–Trinajstić information content (AvgIpc) is 2.64. The van der Waals surface area contributed by atoms with Crippen molar-refractivity contribution in [1.29, 1.82) is 0 Å². The van der Waals surface area contributed by atoms with Gasteiger partial charge in [0.05, 0.1) is 12.6 Å². The van der Waals surface area contributed by atoms with Crippen molar-refractivity contribution in [2.24, 2.45) is 10.9 Å². The quantitative estimate of drug-likeness (QED) is 0.350. The van der Waals surface area contributed by atoms with Gasteiger partial charge >= 0.3 is 0 Å². The molecule has 0 radical (unpaired) electrons. The predicted molar refractivity (Wildman–Crippen MR) is 124 cm³/mol. The van der Waals surface area contributed by atoms with Crippen molar-refractivity contribution in [2.75, 3.05) is 26.2 Å². The van der Waals surface area contributed by atoms with E-state index < -0.39 is 0 Å². The number of guanidine groups is 1. The summed E-state index contributed by atoms with van der Waals surface area (Å²) in [7, 11) is 0. The second-order valence-corrected chi connectivity index (χ2v) is 7.47. The Morgan fingerprint density at radius 1 is 1.43 bits per heavy atom. The average molecular weight is 504 g/mol. The Labute approximate surface area is 185 Å². The van der Waals surface area contributed by atoms with Gasteiger partial charge in [0, 0.05) is 26.1 Å². The van der Waals surface area contributed by atoms with Gasteiger partial charge in [0.2, 0.25) is 5.91 Å². The number of likely N-dealkylation sites (tertiary alicyclic amines) is 1. The standard InChI is InChI=1S/C21H33FN4O.HI/c1-5-23-21(25-17(4)18-9-8-16(3)19(22)13-18)24-11-10-20(27)26-12-6-7-15(2)14-26;/h8-9,13,15,17H,5-7,10-12,14H2,1-4H3,(H2,23,24,25);1H. The zero-order valence-electron chi connectivity index (χ0n) is 17.4. The number of nitrogens with zero attached hydrogens (tertiary/aromatic N) is 2. The van der Waals surface area contributed by atoms with E-state index in [9.17, 15) is 9.18 Å². The first-order valence-corrected chi connectivity index (χ1v) is 9.99. The molecule has 5 nitrogen and oxygen atoms in total. The number of nitrogens with one attached hydrogen (secondary N) is 2. The minimum absolute atomic E-state index is 0. The summed E-state index contributed by atoms with van der Waals surface area (Å²) in [5.74, 6) is 1.20. The van der Waals surface area contributed by atoms with Gasteiger partial charge in [-0.2, -0.15) is 0 Å². The van der Waals surface area contributed by atoms with Gasteiger partial charge in [-0.25, -0.2) is 4.39 Å². The summed E-state index contributed by atoms with van der Waals surface area (Å²) in [6.07, 6.45) is 2.70. The van der Waals surface area contributed by atoms with Crippen molar-refractivity contribution >= 4 is 35.8 Å². The minimum Gasteiger partial charge on any atom is -0.357 e. The van der Waals surface area contributed by atoms with E-state index in [4.69, 9.17) is 0 Å². The van der Waals surface area contributed by atoms with Crippen LogP contribution >= 0.6 is 24.0 Å². The summed E-state index contributed by atoms with van der Waals surface area (Å²) in [6, 6.07) is 5.17. The molecule has 0 saturated carbocycles. The number of aliphatic imine (C=N–C) groups is 1. The van der Waals surface area contributed by atoms with Gasteiger partial charge in [-0.3, -0.25) is 9.79 Å². The number of carbonyl (C=O) groups is 1. The van der Waals surface area contributed by atoms with Crippen LogP contribution in [0.25, 0.3) is 0 Å². The summed E-state index contributed by atoms with van der Waals surface area (Å²) < 4.78 is 13.8. The molecule has 158 valence electrons. The fourth-order valence-electron chi connectivity index (χ4n) is 3.32. The molecule has 2 rings (SSSR count). The normalized spacial score (nSPS) is 18.2. The van der Waals surface area contributed by atoms with E-state index >= 15 is 0 Å². The molecule has 1 amide bonds. The number of aryl methyl sites for hydroxylation is 1. The third-order valence-corrected chi connectivity index (χ3v) is 5.00. The second-order valence-electron chi connectivity index (χ2n) is 7.47. The lowest BCUT2D eigenvalue weighted by molar-refractivity contribution is -0.132. The summed E-state index contributed by atoms with van der Waals surface area (Å²) in [4.78, 5) is 18.9. The summed E-state index contributed by atoms with van der Waals surface area (Å²) in [5.41, 5.74) is 1.50. The van der Waals surface area contributed by atoms with E-state index in [1.807, 2.05) is 24.8 Å². The van der Waals surface area contributed by atoms with Gasteiger partial charge in [0.1, 0.15) is 5.82 Å². The molecule has 0 spiro atoms. The van der Waals surface area contributed by atoms with Crippen LogP contribution in [0.5, 0.6) is 0 Å². The van der Waals surface area contributed by atoms with Crippen molar-refractivity contribution < 1.29 is 9.18 Å². The van der Waals surface area contributed by atoms with Crippen molar-refractivity contribution in [3.63, 3.8) is 0 Å². The Balaban J connectivity index is 0.00000392. The van der Waals surface area contributed by atoms with E-state index in [0.717, 1.165) is 31.6 Å². The molecule has 7 heteroatoms. The van der Waals surface area contributed by atoms with Crippen LogP contribution in [-0.4, -0.2) is 42.9 Å². The molecular weight excluding hydrogens is 470 g/mol. The van der Waals surface area contributed by atoms with Crippen LogP contribution in [0.15, 0.2) is 23.2 Å². The molecule has 0 bridgehead atoms. The number of piperidine rings is 1. The van der Waals surface area contributed by atoms with E-state index in [0.29, 0.717) is 30.4 Å². The van der Waals surface area contributed by atoms with Gasteiger partial charge in [0.25, 0.3) is 0 Å². The lowest BCUT2D eigenvalue weighted by atomic mass is 10.00. The Kier molecular flexibility index (Phi) is 10.8. The van der Waals surface area contributed by atoms with Crippen LogP contribution in [0.1, 0.15) is 57.2 Å². The Morgan fingerprint density at radius 3 is 2.82 bits per heavy atom. The number of carbonyl (C=O) groups excluding carboxylic acids is 1. The molecule has 1 saturated heterocycles. The third-order valence-electron chi connectivity index (χ3n) is 5.00. The molecule has 0 aliphatic carbocycles. The Hall–Kier alpha value is -1.38. The minimum atomic E-state index is -0.204. The maximum absolute atomic E-state index is 13.8. The molecule has 2 atom stereocenters.